The van der Waals surface area contributed by atoms with Crippen LogP contribution in [0.15, 0.2) is 6.33 Å². The van der Waals surface area contributed by atoms with Crippen molar-refractivity contribution < 1.29 is 24.1 Å². The average Bonchev–Trinajstić information content (AvgIpc) is 3.53. The summed E-state index contributed by atoms with van der Waals surface area (Å²) in [5, 5.41) is 11.1. The number of piperazine rings is 1. The van der Waals surface area contributed by atoms with E-state index in [0.29, 0.717) is 44.7 Å². The predicted octanol–water partition coefficient (Wildman–Crippen LogP) is 1.26. The molecule has 0 spiro atoms. The Morgan fingerprint density at radius 1 is 1.05 bits per heavy atom. The molecule has 2 fully saturated rings. The Bertz CT molecular complexity index is 1100. The van der Waals surface area contributed by atoms with Crippen LogP contribution < -0.4 is 16.2 Å². The van der Waals surface area contributed by atoms with Gasteiger partial charge in [0.25, 0.3) is 0 Å². The average molecular weight is 577 g/mol. The van der Waals surface area contributed by atoms with E-state index >= 15 is 0 Å². The molecule has 3 aliphatic rings. The van der Waals surface area contributed by atoms with E-state index < -0.39 is 12.0 Å². The zero-order chi connectivity index (χ0) is 27.9. The molecule has 3 heterocycles. The molecule has 2 aliphatic carbocycles. The zero-order valence-corrected chi connectivity index (χ0v) is 24.2. The molecule has 12 heteroatoms. The number of hydrogen-bond acceptors (Lipinski definition) is 11. The summed E-state index contributed by atoms with van der Waals surface area (Å²) in [7, 11) is 0. The highest BCUT2D eigenvalue weighted by molar-refractivity contribution is 7.19. The summed E-state index contributed by atoms with van der Waals surface area (Å²) in [5.41, 5.74) is 11.9. The number of nitrogens with two attached hydrogens (primary N) is 2. The van der Waals surface area contributed by atoms with Crippen molar-refractivity contribution in [3.05, 3.63) is 16.8 Å². The second-order valence-electron chi connectivity index (χ2n) is 11.1. The van der Waals surface area contributed by atoms with E-state index in [4.69, 9.17) is 25.7 Å². The quantitative estimate of drug-likeness (QED) is 0.281. The van der Waals surface area contributed by atoms with Gasteiger partial charge in [-0.15, -0.1) is 11.3 Å². The van der Waals surface area contributed by atoms with E-state index in [0.717, 1.165) is 93.6 Å². The van der Waals surface area contributed by atoms with Crippen LogP contribution in [0.2, 0.25) is 0 Å². The molecule has 1 saturated carbocycles. The minimum Gasteiger partial charge on any atom is -0.474 e. The highest BCUT2D eigenvalue weighted by Crippen LogP contribution is 2.47. The van der Waals surface area contributed by atoms with Gasteiger partial charge >= 0.3 is 0 Å². The standard InChI is InChI=1S/C28H44N6O5S/c29-7-13-37-15-16-38-14-12-33-8-10-34(11-9-33)20-2-4-21(5-3-20)39-27-25-24-19(17-22(35)26(30)36)1-6-23(24)40-28(25)32-18-31-27/h18-22,35H,1-17,29H2,(H2,30,36)/t19-,20?,21?,22-/m1/s1. The molecule has 1 amide bonds. The van der Waals surface area contributed by atoms with Gasteiger partial charge in [-0.3, -0.25) is 14.6 Å². The Morgan fingerprint density at radius 3 is 2.52 bits per heavy atom. The molecule has 0 radical (unpaired) electrons. The number of nitrogens with zero attached hydrogens (tertiary/aromatic N) is 4. The van der Waals surface area contributed by atoms with Crippen LogP contribution in [0.3, 0.4) is 0 Å². The van der Waals surface area contributed by atoms with Crippen molar-refractivity contribution in [2.45, 2.75) is 69.1 Å². The number of rotatable bonds is 14. The second-order valence-corrected chi connectivity index (χ2v) is 12.2. The third kappa shape index (κ3) is 7.28. The van der Waals surface area contributed by atoms with Crippen molar-refractivity contribution in [3.8, 4) is 5.88 Å². The maximum Gasteiger partial charge on any atom is 0.246 e. The number of hydrogen-bond donors (Lipinski definition) is 3. The minimum atomic E-state index is -1.14. The van der Waals surface area contributed by atoms with Crippen molar-refractivity contribution in [3.63, 3.8) is 0 Å². The molecular formula is C28H44N6O5S. The summed E-state index contributed by atoms with van der Waals surface area (Å²) in [6.45, 7) is 8.44. The Balaban J connectivity index is 1.08. The number of aliphatic hydroxyl groups is 1. The normalized spacial score (nSPS) is 24.8. The molecule has 0 bridgehead atoms. The first-order chi connectivity index (χ1) is 19.5. The highest BCUT2D eigenvalue weighted by atomic mass is 32.1. The number of ether oxygens (including phenoxy) is 3. The van der Waals surface area contributed by atoms with E-state index in [1.165, 1.54) is 4.88 Å². The van der Waals surface area contributed by atoms with Gasteiger partial charge in [-0.05, 0) is 56.4 Å². The van der Waals surface area contributed by atoms with Crippen LogP contribution >= 0.6 is 11.3 Å². The van der Waals surface area contributed by atoms with E-state index in [-0.39, 0.29) is 12.0 Å². The predicted molar refractivity (Wildman–Crippen MR) is 154 cm³/mol. The largest absolute Gasteiger partial charge is 0.474 e. The second kappa shape index (κ2) is 14.3. The first kappa shape index (κ1) is 29.6. The number of aromatic nitrogens is 2. The van der Waals surface area contributed by atoms with Crippen LogP contribution in [0.1, 0.15) is 54.9 Å². The molecule has 40 heavy (non-hydrogen) atoms. The lowest BCUT2D eigenvalue weighted by Gasteiger charge is -2.41. The van der Waals surface area contributed by atoms with Gasteiger partial charge in [0.2, 0.25) is 11.8 Å². The third-order valence-corrected chi connectivity index (χ3v) is 9.74. The molecule has 2 aromatic heterocycles. The molecule has 5 N–H and O–H groups in total. The molecule has 2 aromatic rings. The van der Waals surface area contributed by atoms with Gasteiger partial charge in [0.1, 0.15) is 23.4 Å². The molecule has 1 saturated heterocycles. The summed E-state index contributed by atoms with van der Waals surface area (Å²) >= 11 is 1.67. The maximum absolute atomic E-state index is 11.5. The Hall–Kier alpha value is -1.93. The van der Waals surface area contributed by atoms with E-state index in [1.54, 1.807) is 17.7 Å². The van der Waals surface area contributed by atoms with Gasteiger partial charge in [0, 0.05) is 50.2 Å². The number of carbonyl (C=O) groups is 1. The van der Waals surface area contributed by atoms with Crippen LogP contribution in [0.25, 0.3) is 10.2 Å². The summed E-state index contributed by atoms with van der Waals surface area (Å²) < 4.78 is 17.6. The first-order valence-electron chi connectivity index (χ1n) is 14.8. The summed E-state index contributed by atoms with van der Waals surface area (Å²) in [6.07, 6.45) is 6.98. The van der Waals surface area contributed by atoms with Crippen molar-refractivity contribution in [1.82, 2.24) is 19.8 Å². The SMILES string of the molecule is NCCOCCOCCN1CCN(C2CCC(Oc3ncnc4sc5c(c34)[C@@H](C[C@@H](O)C(N)=O)CC5)CC2)CC1. The highest BCUT2D eigenvalue weighted by Gasteiger charge is 2.34. The molecule has 2 atom stereocenters. The van der Waals surface area contributed by atoms with Crippen LogP contribution in [-0.2, 0) is 20.7 Å². The number of aliphatic hydroxyl groups excluding tert-OH is 1. The molecule has 11 nitrogen and oxygen atoms in total. The fourth-order valence-electron chi connectivity index (χ4n) is 6.39. The molecule has 5 rings (SSSR count). The smallest absolute Gasteiger partial charge is 0.246 e. The van der Waals surface area contributed by atoms with Crippen molar-refractivity contribution in [2.24, 2.45) is 11.5 Å². The molecule has 222 valence electrons. The summed E-state index contributed by atoms with van der Waals surface area (Å²) in [5.74, 6) is 0.0391. The van der Waals surface area contributed by atoms with Crippen LogP contribution in [0, 0.1) is 0 Å². The molecule has 0 aromatic carbocycles. The third-order valence-electron chi connectivity index (χ3n) is 8.56. The monoisotopic (exact) mass is 576 g/mol. The number of thiophene rings is 1. The number of primary amides is 1. The van der Waals surface area contributed by atoms with Gasteiger partial charge in [-0.2, -0.15) is 0 Å². The first-order valence-corrected chi connectivity index (χ1v) is 15.6. The Kier molecular flexibility index (Phi) is 10.6. The lowest BCUT2D eigenvalue weighted by atomic mass is 9.91. The van der Waals surface area contributed by atoms with Crippen LogP contribution in [0.4, 0.5) is 0 Å². The van der Waals surface area contributed by atoms with Crippen molar-refractivity contribution in [1.29, 1.82) is 0 Å². The fraction of sp³-hybridized carbons (Fsp3) is 0.750. The Morgan fingerprint density at radius 2 is 1.80 bits per heavy atom. The lowest BCUT2D eigenvalue weighted by molar-refractivity contribution is -0.126. The molecular weight excluding hydrogens is 532 g/mol. The summed E-state index contributed by atoms with van der Waals surface area (Å²) in [6, 6.07) is 0.605. The lowest BCUT2D eigenvalue weighted by Crippen LogP contribution is -2.52. The minimum absolute atomic E-state index is 0.0657. The molecule has 0 unspecified atom stereocenters. The number of fused-ring (bicyclic) bond motifs is 3. The van der Waals surface area contributed by atoms with E-state index in [1.807, 2.05) is 0 Å². The van der Waals surface area contributed by atoms with Gasteiger partial charge in [-0.25, -0.2) is 9.97 Å². The Labute approximate surface area is 240 Å². The number of carbonyl (C=O) groups excluding carboxylic acids is 1. The zero-order valence-electron chi connectivity index (χ0n) is 23.3. The van der Waals surface area contributed by atoms with Gasteiger partial charge in [0.05, 0.1) is 31.8 Å². The topological polar surface area (TPSA) is 149 Å². The van der Waals surface area contributed by atoms with Gasteiger partial charge in [-0.1, -0.05) is 0 Å². The van der Waals surface area contributed by atoms with Gasteiger partial charge in [0.15, 0.2) is 0 Å². The number of aryl methyl sites for hydroxylation is 1. The van der Waals surface area contributed by atoms with Crippen molar-refractivity contribution in [2.75, 3.05) is 65.7 Å². The van der Waals surface area contributed by atoms with Crippen LogP contribution in [0.5, 0.6) is 5.88 Å². The maximum atomic E-state index is 11.5. The van der Waals surface area contributed by atoms with Gasteiger partial charge < -0.3 is 30.8 Å². The van der Waals surface area contributed by atoms with E-state index in [2.05, 4.69) is 19.8 Å². The number of amides is 1. The summed E-state index contributed by atoms with van der Waals surface area (Å²) in [4.78, 5) is 27.9. The molecule has 1 aliphatic heterocycles. The fourth-order valence-corrected chi connectivity index (χ4v) is 7.62. The van der Waals surface area contributed by atoms with Crippen molar-refractivity contribution >= 4 is 27.5 Å². The van der Waals surface area contributed by atoms with E-state index in [9.17, 15) is 9.90 Å². The van der Waals surface area contributed by atoms with Crippen LogP contribution in [-0.4, -0.2) is 115 Å².